The van der Waals surface area contributed by atoms with E-state index in [2.05, 4.69) is 397 Å². The quantitative estimate of drug-likeness (QED) is 0.159. The van der Waals surface area contributed by atoms with E-state index in [0.29, 0.717) is 0 Å². The van der Waals surface area contributed by atoms with Crippen LogP contribution in [0.1, 0.15) is 52.7 Å². The third kappa shape index (κ3) is 9.34. The van der Waals surface area contributed by atoms with Gasteiger partial charge in [0.05, 0.1) is 66.2 Å². The Kier molecular flexibility index (Phi) is 13.3. The molecule has 0 bridgehead atoms. The monoisotopic (exact) mass is 1360 g/mol. The molecule has 0 N–H and O–H groups in total. The third-order valence-electron chi connectivity index (χ3n) is 22.4. The first-order valence-electron chi connectivity index (χ1n) is 36.6. The molecule has 7 heterocycles. The molecule has 0 saturated carbocycles. The summed E-state index contributed by atoms with van der Waals surface area (Å²) in [7, 11) is 0. The fraction of sp³-hybridized carbons (Fsp3) is 0.0816. The highest BCUT2D eigenvalue weighted by Crippen LogP contribution is 2.45. The Bertz CT molecular complexity index is 7260. The summed E-state index contributed by atoms with van der Waals surface area (Å²) in [5, 5.41) is 17.8. The Morgan fingerprint density at radius 3 is 0.914 bits per heavy atom. The molecular formula is C98H72N6S. The lowest BCUT2D eigenvalue weighted by atomic mass is 9.86. The number of nitrogens with zero attached hydrogens (tertiary/aromatic N) is 6. The zero-order valence-electron chi connectivity index (χ0n) is 59.3. The Balaban J connectivity index is 0.000000135. The lowest BCUT2D eigenvalue weighted by Crippen LogP contribution is -2.11. The first-order valence-corrected chi connectivity index (χ1v) is 37.4. The van der Waals surface area contributed by atoms with Crippen LogP contribution in [0.25, 0.3) is 185 Å². The van der Waals surface area contributed by atoms with Crippen molar-refractivity contribution in [2.75, 3.05) is 0 Å². The van der Waals surface area contributed by atoms with Gasteiger partial charge in [-0.25, -0.2) is 18.7 Å². The topological polar surface area (TPSA) is 29.6 Å². The van der Waals surface area contributed by atoms with Crippen molar-refractivity contribution in [1.82, 2.24) is 27.8 Å². The summed E-state index contributed by atoms with van der Waals surface area (Å²) >= 11 is 1.86. The molecule has 105 heavy (non-hydrogen) atoms. The van der Waals surface area contributed by atoms with Crippen LogP contribution in [0.4, 0.5) is 0 Å². The van der Waals surface area contributed by atoms with Crippen molar-refractivity contribution in [3.63, 3.8) is 0 Å². The lowest BCUT2D eigenvalue weighted by Gasteiger charge is -2.19. The van der Waals surface area contributed by atoms with E-state index < -0.39 is 0 Å². The molecular weight excluding hydrogens is 1290 g/mol. The highest BCUT2D eigenvalue weighted by Gasteiger charge is 2.25. The minimum atomic E-state index is 0.0248. The predicted octanol–water partition coefficient (Wildman–Crippen LogP) is 26.9. The second-order valence-corrected chi connectivity index (χ2v) is 31.6. The van der Waals surface area contributed by atoms with Crippen molar-refractivity contribution in [3.8, 4) is 33.6 Å². The minimum absolute atomic E-state index is 0.0248. The smallest absolute Gasteiger partial charge is 0.0716 e. The van der Waals surface area contributed by atoms with Gasteiger partial charge in [0, 0.05) is 96.2 Å². The molecule has 7 heteroatoms. The van der Waals surface area contributed by atoms with Gasteiger partial charge in [0.15, 0.2) is 0 Å². The molecule has 22 rings (SSSR count). The summed E-state index contributed by atoms with van der Waals surface area (Å²) in [6.07, 6.45) is 0. The van der Waals surface area contributed by atoms with Crippen LogP contribution < -0.4 is 0 Å². The van der Waals surface area contributed by atoms with Gasteiger partial charge < -0.3 is 9.13 Å². The van der Waals surface area contributed by atoms with E-state index >= 15 is 0 Å². The molecule has 0 fully saturated rings. The molecule has 0 saturated heterocycles. The Labute approximate surface area is 610 Å². The largest absolute Gasteiger partial charge is 0.309 e. The van der Waals surface area contributed by atoms with Gasteiger partial charge in [0.25, 0.3) is 0 Å². The van der Waals surface area contributed by atoms with Crippen LogP contribution in [-0.4, -0.2) is 27.8 Å². The number of fused-ring (bicyclic) bond motifs is 21. The Morgan fingerprint density at radius 1 is 0.190 bits per heavy atom. The number of para-hydroxylation sites is 7. The Hall–Kier alpha value is -12.7. The van der Waals surface area contributed by atoms with Crippen LogP contribution in [-0.2, 0) is 10.8 Å². The molecule has 0 aliphatic carbocycles. The normalized spacial score (nSPS) is 12.5. The SMILES string of the molecule is CC(C)(C)c1ccc2c(c1)c1cc(-c3ccc4c(c3)c3cc(C(C)(C)C)ccc3n4-n3c4ccccc4c4ccccc43)ccc1n2-c1ccccc1.c1ccc2c(c1)sc1ccc(-n3c4ccccc4c4cc(-c5ccc6c(c5)c5ccccc5n6-n5c6ccccc6c6ccccc65)ccc43)cc12. The van der Waals surface area contributed by atoms with E-state index in [1.165, 1.54) is 196 Å². The van der Waals surface area contributed by atoms with E-state index in [1.807, 2.05) is 11.3 Å². The van der Waals surface area contributed by atoms with Gasteiger partial charge in [-0.2, -0.15) is 0 Å². The van der Waals surface area contributed by atoms with Crippen LogP contribution in [0.3, 0.4) is 0 Å². The molecule has 7 aromatic heterocycles. The second-order valence-electron chi connectivity index (χ2n) is 30.5. The summed E-state index contributed by atoms with van der Waals surface area (Å²) in [5.41, 5.74) is 24.4. The predicted molar refractivity (Wildman–Crippen MR) is 449 cm³/mol. The van der Waals surface area contributed by atoms with Gasteiger partial charge in [0.1, 0.15) is 0 Å². The number of hydrogen-bond acceptors (Lipinski definition) is 1. The fourth-order valence-electron chi connectivity index (χ4n) is 17.3. The summed E-state index contributed by atoms with van der Waals surface area (Å²) in [5.74, 6) is 0. The average Bonchev–Trinajstić information content (AvgIpc) is 1.55. The molecule has 500 valence electrons. The molecule has 0 atom stereocenters. The zero-order valence-corrected chi connectivity index (χ0v) is 60.1. The second kappa shape index (κ2) is 22.9. The standard InChI is InChI=1S/C50H43N3.C48H29N3S/c1-49(2,3)34-22-26-44-41(30-34)39-28-32(20-24-43(39)51(44)36-14-8-7-9-15-36)33-21-25-47-40(29-33)42-31-35(50(4,5)6)23-27-48(42)53(47)52-45-18-12-10-16-37(45)38-17-11-13-19-46(38)52;1-6-16-41-35(13-1)38-27-30(21-24-42(38)49(41)32-23-26-48-40(29-32)37-15-5-10-20-47(37)52-48)31-22-25-46-39(28-31)36-14-4-9-19-45(36)51(46)50-43-17-7-2-11-33(43)34-12-3-8-18-44(34)50/h7-31H,1-6H3;1-29H. The summed E-state index contributed by atoms with van der Waals surface area (Å²) in [4.78, 5) is 0. The zero-order chi connectivity index (χ0) is 70.1. The molecule has 0 aliphatic heterocycles. The molecule has 0 spiro atoms. The number of aromatic nitrogens is 6. The van der Waals surface area contributed by atoms with Crippen LogP contribution >= 0.6 is 11.3 Å². The molecule has 22 aromatic rings. The van der Waals surface area contributed by atoms with Gasteiger partial charge in [-0.15, -0.1) is 11.3 Å². The van der Waals surface area contributed by atoms with Gasteiger partial charge >= 0.3 is 0 Å². The molecule has 6 nitrogen and oxygen atoms in total. The molecule has 0 radical (unpaired) electrons. The van der Waals surface area contributed by atoms with Crippen LogP contribution in [0.15, 0.2) is 328 Å². The van der Waals surface area contributed by atoms with Crippen molar-refractivity contribution in [3.05, 3.63) is 339 Å². The maximum absolute atomic E-state index is 2.44. The van der Waals surface area contributed by atoms with Gasteiger partial charge in [0.2, 0.25) is 0 Å². The minimum Gasteiger partial charge on any atom is -0.309 e. The maximum atomic E-state index is 2.44. The van der Waals surface area contributed by atoms with Crippen molar-refractivity contribution >= 4 is 162 Å². The van der Waals surface area contributed by atoms with Crippen molar-refractivity contribution in [2.24, 2.45) is 0 Å². The van der Waals surface area contributed by atoms with E-state index in [1.54, 1.807) is 0 Å². The van der Waals surface area contributed by atoms with Gasteiger partial charge in [-0.05, 0) is 190 Å². The molecule has 0 unspecified atom stereocenters. The number of thiophene rings is 1. The molecule has 0 aliphatic rings. The Morgan fingerprint density at radius 2 is 0.467 bits per heavy atom. The van der Waals surface area contributed by atoms with Gasteiger partial charge in [-0.1, -0.05) is 224 Å². The summed E-state index contributed by atoms with van der Waals surface area (Å²) in [6, 6.07) is 121. The third-order valence-corrected chi connectivity index (χ3v) is 23.5. The van der Waals surface area contributed by atoms with E-state index in [0.717, 1.165) is 0 Å². The molecule has 15 aromatic carbocycles. The average molecular weight is 1370 g/mol. The van der Waals surface area contributed by atoms with Crippen molar-refractivity contribution in [2.45, 2.75) is 52.4 Å². The highest BCUT2D eigenvalue weighted by molar-refractivity contribution is 7.25. The van der Waals surface area contributed by atoms with Crippen LogP contribution in [0.5, 0.6) is 0 Å². The van der Waals surface area contributed by atoms with E-state index in [4.69, 9.17) is 0 Å². The van der Waals surface area contributed by atoms with Crippen LogP contribution in [0, 0.1) is 0 Å². The molecule has 0 amide bonds. The van der Waals surface area contributed by atoms with Crippen molar-refractivity contribution in [1.29, 1.82) is 0 Å². The van der Waals surface area contributed by atoms with E-state index in [-0.39, 0.29) is 10.8 Å². The lowest BCUT2D eigenvalue weighted by molar-refractivity contribution is 0.591. The van der Waals surface area contributed by atoms with E-state index in [9.17, 15) is 0 Å². The highest BCUT2D eigenvalue weighted by atomic mass is 32.1. The first kappa shape index (κ1) is 61.0. The van der Waals surface area contributed by atoms with Gasteiger partial charge in [-0.3, -0.25) is 0 Å². The maximum Gasteiger partial charge on any atom is 0.0716 e. The number of benzene rings is 15. The fourth-order valence-corrected chi connectivity index (χ4v) is 18.3. The first-order chi connectivity index (χ1) is 51.4. The van der Waals surface area contributed by atoms with Crippen molar-refractivity contribution < 1.29 is 0 Å². The number of rotatable bonds is 6. The summed E-state index contributed by atoms with van der Waals surface area (Å²) < 4.78 is 17.2. The van der Waals surface area contributed by atoms with Crippen LogP contribution in [0.2, 0.25) is 0 Å². The summed E-state index contributed by atoms with van der Waals surface area (Å²) in [6.45, 7) is 13.8. The number of hydrogen-bond donors (Lipinski definition) is 0.